The second kappa shape index (κ2) is 17.2. The molecule has 4 aromatic rings. The summed E-state index contributed by atoms with van der Waals surface area (Å²) in [4.78, 5) is 55.3. The number of nitrogens with one attached hydrogen (secondary N) is 3. The van der Waals surface area contributed by atoms with Gasteiger partial charge in [-0.15, -0.1) is 23.1 Å². The molecule has 3 N–H and O–H groups in total. The first-order valence-electron chi connectivity index (χ1n) is 17.2. The fourth-order valence-corrected chi connectivity index (χ4v) is 8.34. The highest BCUT2D eigenvalue weighted by atomic mass is 32.2. The maximum atomic E-state index is 13.8. The predicted octanol–water partition coefficient (Wildman–Crippen LogP) is 8.23. The summed E-state index contributed by atoms with van der Waals surface area (Å²) in [5, 5.41) is 8.60. The number of benzene rings is 3. The number of hydrogen-bond acceptors (Lipinski definition) is 9. The third-order valence-corrected chi connectivity index (χ3v) is 11.4. The Bertz CT molecular complexity index is 2020. The molecule has 0 aliphatic heterocycles. The molecule has 0 fully saturated rings. The van der Waals surface area contributed by atoms with E-state index in [9.17, 15) is 19.2 Å². The molecule has 12 heteroatoms. The first-order valence-corrected chi connectivity index (χ1v) is 18.9. The van der Waals surface area contributed by atoms with E-state index in [1.807, 2.05) is 6.07 Å². The zero-order valence-corrected chi connectivity index (χ0v) is 32.6. The van der Waals surface area contributed by atoms with Crippen LogP contribution in [0, 0.1) is 11.3 Å². The van der Waals surface area contributed by atoms with Gasteiger partial charge in [0.15, 0.2) is 0 Å². The van der Waals surface area contributed by atoms with Gasteiger partial charge < -0.3 is 30.2 Å². The van der Waals surface area contributed by atoms with E-state index < -0.39 is 23.0 Å². The molecule has 0 radical (unpaired) electrons. The van der Waals surface area contributed by atoms with E-state index in [1.54, 1.807) is 73.7 Å². The fraction of sp³-hybridized carbons (Fsp3) is 0.317. The number of anilines is 2. The number of carbonyl (C=O) groups excluding carboxylic acids is 4. The molecule has 1 aliphatic rings. The molecular formula is C41H45N3O7S2. The highest BCUT2D eigenvalue weighted by Gasteiger charge is 2.34. The second-order valence-electron chi connectivity index (χ2n) is 13.7. The summed E-state index contributed by atoms with van der Waals surface area (Å²) < 4.78 is 16.0. The Kier molecular flexibility index (Phi) is 12.7. The van der Waals surface area contributed by atoms with Crippen LogP contribution >= 0.6 is 23.1 Å². The summed E-state index contributed by atoms with van der Waals surface area (Å²) in [6.45, 7) is 8.49. The standard InChI is InChI=1S/C41H45N3O7S2/c1-24(36(45)44-39-35(40(48)51-7)31-18-16-27(41(2,3)4)22-34(31)53-39)52-30-15-11-14-28(23-30)42-38(47)32(43-37(46)25-12-9-8-10-13-25)21-26-20-29(49-5)17-19-33(26)50-6/h8-15,17,19-21,23-24,27H,16,18,22H2,1-7H3,(H,42,47)(H,43,46)(H,44,45)/b32-21+. The highest BCUT2D eigenvalue weighted by molar-refractivity contribution is 8.00. The monoisotopic (exact) mass is 755 g/mol. The van der Waals surface area contributed by atoms with Crippen molar-refractivity contribution in [2.45, 2.75) is 57.1 Å². The first-order chi connectivity index (χ1) is 25.3. The Hall–Kier alpha value is -5.07. The number of thioether (sulfide) groups is 1. The number of fused-ring (bicyclic) bond motifs is 1. The zero-order valence-electron chi connectivity index (χ0n) is 31.0. The van der Waals surface area contributed by atoms with Crippen molar-refractivity contribution in [1.82, 2.24) is 5.32 Å². The summed E-state index contributed by atoms with van der Waals surface area (Å²) in [5.41, 5.74) is 2.88. The van der Waals surface area contributed by atoms with Gasteiger partial charge in [0, 0.05) is 26.6 Å². The van der Waals surface area contributed by atoms with Crippen molar-refractivity contribution in [2.75, 3.05) is 32.0 Å². The third-order valence-electron chi connectivity index (χ3n) is 9.16. The van der Waals surface area contributed by atoms with Gasteiger partial charge in [0.2, 0.25) is 5.91 Å². The molecule has 3 aromatic carbocycles. The van der Waals surface area contributed by atoms with Gasteiger partial charge in [0.05, 0.1) is 32.1 Å². The Morgan fingerprint density at radius 1 is 0.925 bits per heavy atom. The molecule has 2 atom stereocenters. The van der Waals surface area contributed by atoms with Gasteiger partial charge >= 0.3 is 5.97 Å². The van der Waals surface area contributed by atoms with Crippen LogP contribution in [0.4, 0.5) is 10.7 Å². The second-order valence-corrected chi connectivity index (χ2v) is 16.2. The van der Waals surface area contributed by atoms with E-state index in [4.69, 9.17) is 14.2 Å². The number of amides is 3. The third kappa shape index (κ3) is 9.68. The Labute approximate surface area is 318 Å². The maximum Gasteiger partial charge on any atom is 0.341 e. The quantitative estimate of drug-likeness (QED) is 0.0749. The molecule has 0 spiro atoms. The molecule has 1 aromatic heterocycles. The lowest BCUT2D eigenvalue weighted by atomic mass is 9.72. The Morgan fingerprint density at radius 3 is 2.36 bits per heavy atom. The Balaban J connectivity index is 1.33. The minimum Gasteiger partial charge on any atom is -0.497 e. The number of carbonyl (C=O) groups is 4. The van der Waals surface area contributed by atoms with E-state index in [2.05, 4.69) is 36.7 Å². The number of hydrogen-bond donors (Lipinski definition) is 3. The average Bonchev–Trinajstić information content (AvgIpc) is 3.51. The molecule has 278 valence electrons. The van der Waals surface area contributed by atoms with Crippen LogP contribution in [0.3, 0.4) is 0 Å². The van der Waals surface area contributed by atoms with E-state index >= 15 is 0 Å². The normalized spacial score (nSPS) is 14.7. The SMILES string of the molecule is COC(=O)c1c(NC(=O)C(C)Sc2cccc(NC(=O)/C(=C\c3cc(OC)ccc3OC)NC(=O)c3ccccc3)c2)sc2c1CCC(C(C)(C)C)C2. The maximum absolute atomic E-state index is 13.8. The van der Waals surface area contributed by atoms with Crippen molar-refractivity contribution in [1.29, 1.82) is 0 Å². The lowest BCUT2D eigenvalue weighted by Crippen LogP contribution is -2.30. The minimum absolute atomic E-state index is 0.0231. The fourth-order valence-electron chi connectivity index (χ4n) is 6.10. The molecule has 53 heavy (non-hydrogen) atoms. The highest BCUT2D eigenvalue weighted by Crippen LogP contribution is 2.44. The predicted molar refractivity (Wildman–Crippen MR) is 211 cm³/mol. The number of thiophene rings is 1. The summed E-state index contributed by atoms with van der Waals surface area (Å²) in [6, 6.07) is 20.8. The van der Waals surface area contributed by atoms with Crippen LogP contribution in [-0.4, -0.2) is 50.3 Å². The summed E-state index contributed by atoms with van der Waals surface area (Å²) >= 11 is 2.77. The molecule has 5 rings (SSSR count). The Morgan fingerprint density at radius 2 is 1.68 bits per heavy atom. The summed E-state index contributed by atoms with van der Waals surface area (Å²) in [5.74, 6) is -0.251. The topological polar surface area (TPSA) is 132 Å². The number of ether oxygens (including phenoxy) is 3. The van der Waals surface area contributed by atoms with Crippen molar-refractivity contribution >= 4 is 63.6 Å². The van der Waals surface area contributed by atoms with Crippen molar-refractivity contribution in [3.63, 3.8) is 0 Å². The zero-order chi connectivity index (χ0) is 38.3. The minimum atomic E-state index is -0.571. The van der Waals surface area contributed by atoms with E-state index in [1.165, 1.54) is 50.5 Å². The van der Waals surface area contributed by atoms with Gasteiger partial charge in [-0.05, 0) is 97.7 Å². The van der Waals surface area contributed by atoms with Gasteiger partial charge in [-0.1, -0.05) is 45.0 Å². The average molecular weight is 756 g/mol. The van der Waals surface area contributed by atoms with Gasteiger partial charge in [0.25, 0.3) is 11.8 Å². The van der Waals surface area contributed by atoms with Gasteiger partial charge in [-0.2, -0.15) is 0 Å². The number of rotatable bonds is 12. The van der Waals surface area contributed by atoms with Gasteiger partial charge in [-0.25, -0.2) is 4.79 Å². The van der Waals surface area contributed by atoms with Crippen molar-refractivity contribution in [3.05, 3.63) is 106 Å². The number of methoxy groups -OCH3 is 3. The van der Waals surface area contributed by atoms with Crippen LogP contribution in [-0.2, 0) is 27.2 Å². The van der Waals surface area contributed by atoms with Crippen LogP contribution in [0.1, 0.15) is 70.8 Å². The molecular weight excluding hydrogens is 711 g/mol. The lowest BCUT2D eigenvalue weighted by Gasteiger charge is -2.33. The van der Waals surface area contributed by atoms with Crippen LogP contribution in [0.5, 0.6) is 11.5 Å². The van der Waals surface area contributed by atoms with Crippen LogP contribution < -0.4 is 25.4 Å². The van der Waals surface area contributed by atoms with E-state index in [0.29, 0.717) is 44.8 Å². The largest absolute Gasteiger partial charge is 0.497 e. The van der Waals surface area contributed by atoms with Crippen molar-refractivity contribution in [3.8, 4) is 11.5 Å². The van der Waals surface area contributed by atoms with Crippen LogP contribution in [0.25, 0.3) is 6.08 Å². The molecule has 2 unspecified atom stereocenters. The summed E-state index contributed by atoms with van der Waals surface area (Å²) in [7, 11) is 4.40. The first kappa shape index (κ1) is 39.1. The lowest BCUT2D eigenvalue weighted by molar-refractivity contribution is -0.115. The van der Waals surface area contributed by atoms with E-state index in [0.717, 1.165) is 34.6 Å². The van der Waals surface area contributed by atoms with Crippen LogP contribution in [0.2, 0.25) is 0 Å². The molecule has 1 aliphatic carbocycles. The van der Waals surface area contributed by atoms with Crippen molar-refractivity contribution < 1.29 is 33.4 Å². The molecule has 0 bridgehead atoms. The van der Waals surface area contributed by atoms with Gasteiger partial charge in [0.1, 0.15) is 22.2 Å². The van der Waals surface area contributed by atoms with Crippen LogP contribution in [0.15, 0.2) is 83.4 Å². The van der Waals surface area contributed by atoms with Crippen molar-refractivity contribution in [2.24, 2.45) is 11.3 Å². The summed E-state index contributed by atoms with van der Waals surface area (Å²) in [6.07, 6.45) is 4.11. The molecule has 1 heterocycles. The number of esters is 1. The smallest absolute Gasteiger partial charge is 0.341 e. The molecule has 0 saturated carbocycles. The van der Waals surface area contributed by atoms with E-state index in [-0.39, 0.29) is 17.0 Å². The molecule has 3 amide bonds. The van der Waals surface area contributed by atoms with Gasteiger partial charge in [-0.3, -0.25) is 14.4 Å². The molecule has 0 saturated heterocycles. The molecule has 10 nitrogen and oxygen atoms in total.